The van der Waals surface area contributed by atoms with E-state index in [1.165, 1.54) is 13.0 Å². The van der Waals surface area contributed by atoms with Crippen LogP contribution in [0.1, 0.15) is 40.9 Å². The van der Waals surface area contributed by atoms with Crippen molar-refractivity contribution in [3.63, 3.8) is 0 Å². The number of nitrogens with one attached hydrogen (secondary N) is 1. The molecule has 0 bridgehead atoms. The number of halogens is 3. The molecule has 3 aromatic rings. The van der Waals surface area contributed by atoms with Crippen LogP contribution in [-0.2, 0) is 17.5 Å². The third-order valence-electron chi connectivity index (χ3n) is 5.13. The van der Waals surface area contributed by atoms with Crippen molar-refractivity contribution in [2.24, 2.45) is 0 Å². The van der Waals surface area contributed by atoms with Gasteiger partial charge in [0.1, 0.15) is 6.04 Å². The second-order valence-electron chi connectivity index (χ2n) is 7.44. The Kier molecular flexibility index (Phi) is 5.70. The second kappa shape index (κ2) is 7.93. The van der Waals surface area contributed by atoms with Gasteiger partial charge in [0.05, 0.1) is 11.0 Å². The molecule has 0 aliphatic heterocycles. The molecule has 0 saturated heterocycles. The zero-order valence-electron chi connectivity index (χ0n) is 17.1. The van der Waals surface area contributed by atoms with Crippen molar-refractivity contribution in [2.45, 2.75) is 46.5 Å². The Morgan fingerprint density at radius 3 is 2.30 bits per heavy atom. The lowest BCUT2D eigenvalue weighted by Crippen LogP contribution is -2.39. The molecule has 1 aromatic heterocycles. The zero-order valence-corrected chi connectivity index (χ0v) is 17.1. The van der Waals surface area contributed by atoms with Crippen LogP contribution in [0.5, 0.6) is 0 Å². The maximum Gasteiger partial charge on any atom is 0.438 e. The van der Waals surface area contributed by atoms with Gasteiger partial charge in [-0.25, -0.2) is 4.98 Å². The standard InChI is InChI=1S/C22H22F3N3O2/c1-12-5-7-16(8-6-12)11-26-20(29)15(4)28-18-10-14(3)13(2)9-17(18)27-19(21(28)30)22(23,24)25/h5-10,15H,11H2,1-4H3,(H,26,29)/t15-/m1/s1. The summed E-state index contributed by atoms with van der Waals surface area (Å²) in [5.41, 5.74) is 0.772. The van der Waals surface area contributed by atoms with Crippen LogP contribution < -0.4 is 10.9 Å². The van der Waals surface area contributed by atoms with E-state index < -0.39 is 29.4 Å². The molecular formula is C22H22F3N3O2. The molecular weight excluding hydrogens is 395 g/mol. The predicted octanol–water partition coefficient (Wildman–Crippen LogP) is 4.22. The van der Waals surface area contributed by atoms with Crippen molar-refractivity contribution in [3.05, 3.63) is 74.7 Å². The van der Waals surface area contributed by atoms with E-state index in [0.29, 0.717) is 0 Å². The van der Waals surface area contributed by atoms with E-state index in [1.54, 1.807) is 19.9 Å². The van der Waals surface area contributed by atoms with E-state index in [0.717, 1.165) is 26.8 Å². The Bertz CT molecular complexity index is 1170. The van der Waals surface area contributed by atoms with Crippen molar-refractivity contribution < 1.29 is 18.0 Å². The number of aromatic nitrogens is 2. The number of rotatable bonds is 4. The average molecular weight is 417 g/mol. The van der Waals surface area contributed by atoms with Gasteiger partial charge in [0.15, 0.2) is 0 Å². The van der Waals surface area contributed by atoms with E-state index in [2.05, 4.69) is 10.3 Å². The van der Waals surface area contributed by atoms with Gasteiger partial charge < -0.3 is 5.32 Å². The Morgan fingerprint density at radius 2 is 1.70 bits per heavy atom. The maximum absolute atomic E-state index is 13.4. The highest BCUT2D eigenvalue weighted by Gasteiger charge is 2.38. The van der Waals surface area contributed by atoms with Crippen LogP contribution >= 0.6 is 0 Å². The lowest BCUT2D eigenvalue weighted by molar-refractivity contribution is -0.142. The van der Waals surface area contributed by atoms with Crippen LogP contribution in [0, 0.1) is 20.8 Å². The molecule has 1 atom stereocenters. The number of nitrogens with zero attached hydrogens (tertiary/aromatic N) is 2. The first-order valence-electron chi connectivity index (χ1n) is 9.43. The Balaban J connectivity index is 2.04. The molecule has 8 heteroatoms. The summed E-state index contributed by atoms with van der Waals surface area (Å²) in [5, 5.41) is 2.69. The topological polar surface area (TPSA) is 64.0 Å². The molecule has 1 N–H and O–H groups in total. The number of alkyl halides is 3. The molecule has 0 spiro atoms. The van der Waals surface area contributed by atoms with Crippen LogP contribution in [0.3, 0.4) is 0 Å². The third-order valence-corrected chi connectivity index (χ3v) is 5.13. The maximum atomic E-state index is 13.4. The summed E-state index contributed by atoms with van der Waals surface area (Å²) < 4.78 is 41.2. The van der Waals surface area contributed by atoms with Crippen LogP contribution in [0.2, 0.25) is 0 Å². The predicted molar refractivity (Wildman–Crippen MR) is 108 cm³/mol. The average Bonchev–Trinajstić information content (AvgIpc) is 2.67. The molecule has 1 amide bonds. The summed E-state index contributed by atoms with van der Waals surface area (Å²) in [7, 11) is 0. The summed E-state index contributed by atoms with van der Waals surface area (Å²) in [6.45, 7) is 7.07. The van der Waals surface area contributed by atoms with Gasteiger partial charge in [-0.1, -0.05) is 29.8 Å². The quantitative estimate of drug-likeness (QED) is 0.692. The molecule has 0 saturated carbocycles. The van der Waals surface area contributed by atoms with Crippen LogP contribution in [0.4, 0.5) is 13.2 Å². The summed E-state index contributed by atoms with van der Waals surface area (Å²) in [5.74, 6) is -0.559. The second-order valence-corrected chi connectivity index (χ2v) is 7.44. The Hall–Kier alpha value is -3.16. The molecule has 30 heavy (non-hydrogen) atoms. The first kappa shape index (κ1) is 21.5. The van der Waals surface area contributed by atoms with Gasteiger partial charge in [0, 0.05) is 6.54 Å². The van der Waals surface area contributed by atoms with Crippen molar-refractivity contribution in [1.82, 2.24) is 14.9 Å². The molecule has 1 heterocycles. The van der Waals surface area contributed by atoms with Gasteiger partial charge >= 0.3 is 6.18 Å². The van der Waals surface area contributed by atoms with Gasteiger partial charge in [-0.05, 0) is 56.5 Å². The lowest BCUT2D eigenvalue weighted by atomic mass is 10.1. The highest BCUT2D eigenvalue weighted by atomic mass is 19.4. The number of hydrogen-bond donors (Lipinski definition) is 1. The van der Waals surface area contributed by atoms with Crippen LogP contribution in [0.25, 0.3) is 11.0 Å². The van der Waals surface area contributed by atoms with E-state index in [9.17, 15) is 22.8 Å². The highest BCUT2D eigenvalue weighted by molar-refractivity contribution is 5.84. The first-order chi connectivity index (χ1) is 14.0. The first-order valence-corrected chi connectivity index (χ1v) is 9.43. The van der Waals surface area contributed by atoms with E-state index in [4.69, 9.17) is 0 Å². The number of amides is 1. The third kappa shape index (κ3) is 4.22. The Morgan fingerprint density at radius 1 is 1.10 bits per heavy atom. The minimum atomic E-state index is -4.93. The molecule has 5 nitrogen and oxygen atoms in total. The fourth-order valence-corrected chi connectivity index (χ4v) is 3.19. The van der Waals surface area contributed by atoms with Gasteiger partial charge in [0.25, 0.3) is 5.56 Å². The van der Waals surface area contributed by atoms with Gasteiger partial charge in [-0.2, -0.15) is 13.2 Å². The number of benzene rings is 2. The number of carbonyl (C=O) groups excluding carboxylic acids is 1. The van der Waals surface area contributed by atoms with Crippen molar-refractivity contribution >= 4 is 16.9 Å². The normalized spacial score (nSPS) is 12.8. The molecule has 0 radical (unpaired) electrons. The molecule has 0 unspecified atom stereocenters. The number of aryl methyl sites for hydroxylation is 3. The van der Waals surface area contributed by atoms with Crippen LogP contribution in [-0.4, -0.2) is 15.5 Å². The van der Waals surface area contributed by atoms with E-state index in [-0.39, 0.29) is 17.6 Å². The molecule has 0 fully saturated rings. The molecule has 3 rings (SSSR count). The molecule has 2 aromatic carbocycles. The Labute approximate surface area is 171 Å². The fourth-order valence-electron chi connectivity index (χ4n) is 3.19. The van der Waals surface area contributed by atoms with Gasteiger partial charge in [-0.3, -0.25) is 14.2 Å². The lowest BCUT2D eigenvalue weighted by Gasteiger charge is -2.20. The zero-order chi connectivity index (χ0) is 22.2. The van der Waals surface area contributed by atoms with E-state index in [1.807, 2.05) is 31.2 Å². The fraction of sp³-hybridized carbons (Fsp3) is 0.318. The monoisotopic (exact) mass is 417 g/mol. The minimum absolute atomic E-state index is 0.0169. The highest BCUT2D eigenvalue weighted by Crippen LogP contribution is 2.28. The van der Waals surface area contributed by atoms with Crippen LogP contribution in [0.15, 0.2) is 41.2 Å². The smallest absolute Gasteiger partial charge is 0.350 e. The summed E-state index contributed by atoms with van der Waals surface area (Å²) >= 11 is 0. The van der Waals surface area contributed by atoms with Crippen molar-refractivity contribution in [3.8, 4) is 0 Å². The number of fused-ring (bicyclic) bond motifs is 1. The molecule has 0 aliphatic rings. The van der Waals surface area contributed by atoms with Crippen molar-refractivity contribution in [2.75, 3.05) is 0 Å². The summed E-state index contributed by atoms with van der Waals surface area (Å²) in [4.78, 5) is 29.0. The summed E-state index contributed by atoms with van der Waals surface area (Å²) in [6, 6.07) is 9.41. The molecule has 158 valence electrons. The largest absolute Gasteiger partial charge is 0.438 e. The molecule has 0 aliphatic carbocycles. The summed E-state index contributed by atoms with van der Waals surface area (Å²) in [6.07, 6.45) is -4.93. The minimum Gasteiger partial charge on any atom is -0.350 e. The van der Waals surface area contributed by atoms with Gasteiger partial charge in [0.2, 0.25) is 11.6 Å². The SMILES string of the molecule is Cc1ccc(CNC(=O)[C@@H](C)n2c(=O)c(C(F)(F)F)nc3cc(C)c(C)cc32)cc1. The number of carbonyl (C=O) groups is 1. The van der Waals surface area contributed by atoms with Gasteiger partial charge in [-0.15, -0.1) is 0 Å². The van der Waals surface area contributed by atoms with Crippen molar-refractivity contribution in [1.29, 1.82) is 0 Å². The van der Waals surface area contributed by atoms with E-state index >= 15 is 0 Å². The number of hydrogen-bond acceptors (Lipinski definition) is 3.